The summed E-state index contributed by atoms with van der Waals surface area (Å²) in [5.74, 6) is 0.138. The molecule has 0 amide bonds. The third-order valence-electron chi connectivity index (χ3n) is 3.64. The van der Waals surface area contributed by atoms with Crippen molar-refractivity contribution < 1.29 is 9.90 Å². The van der Waals surface area contributed by atoms with Crippen molar-refractivity contribution in [3.63, 3.8) is 0 Å². The Morgan fingerprint density at radius 2 is 2.00 bits per heavy atom. The van der Waals surface area contributed by atoms with E-state index in [2.05, 4.69) is 25.2 Å². The number of carbonyl (C=O) groups is 1. The quantitative estimate of drug-likeness (QED) is 0.887. The molecule has 7 nitrogen and oxygen atoms in total. The first-order valence-corrected chi connectivity index (χ1v) is 7.21. The molecule has 0 aromatic carbocycles. The molecule has 1 unspecified atom stereocenters. The minimum absolute atomic E-state index is 0.116. The molecule has 0 bridgehead atoms. The summed E-state index contributed by atoms with van der Waals surface area (Å²) >= 11 is 0. The number of nitrogens with one attached hydrogen (secondary N) is 1. The summed E-state index contributed by atoms with van der Waals surface area (Å²) in [7, 11) is 0. The van der Waals surface area contributed by atoms with Crippen LogP contribution in [0.3, 0.4) is 0 Å². The second-order valence-electron chi connectivity index (χ2n) is 5.18. The molecule has 22 heavy (non-hydrogen) atoms. The van der Waals surface area contributed by atoms with E-state index in [9.17, 15) is 9.90 Å². The predicted octanol–water partition coefficient (Wildman–Crippen LogP) is 1.65. The molecule has 1 aliphatic heterocycles. The van der Waals surface area contributed by atoms with E-state index in [0.29, 0.717) is 11.8 Å². The van der Waals surface area contributed by atoms with Gasteiger partial charge in [0, 0.05) is 37.7 Å². The summed E-state index contributed by atoms with van der Waals surface area (Å²) in [6.07, 6.45) is 6.99. The third kappa shape index (κ3) is 3.13. The molecule has 114 valence electrons. The molecule has 2 N–H and O–H groups in total. The van der Waals surface area contributed by atoms with E-state index in [-0.39, 0.29) is 11.6 Å². The number of piperidine rings is 1. The lowest BCUT2D eigenvalue weighted by molar-refractivity contribution is 0.0697. The maximum Gasteiger partial charge on any atom is 0.339 e. The molecular weight excluding hydrogens is 282 g/mol. The van der Waals surface area contributed by atoms with Gasteiger partial charge in [-0.05, 0) is 31.0 Å². The zero-order valence-corrected chi connectivity index (χ0v) is 12.0. The average molecular weight is 299 g/mol. The second kappa shape index (κ2) is 6.38. The topological polar surface area (TPSA) is 91.2 Å². The van der Waals surface area contributed by atoms with Crippen LogP contribution in [-0.2, 0) is 0 Å². The van der Waals surface area contributed by atoms with Crippen LogP contribution in [-0.4, -0.2) is 45.2 Å². The van der Waals surface area contributed by atoms with Crippen LogP contribution in [0.4, 0.5) is 11.8 Å². The number of carboxylic acids is 1. The van der Waals surface area contributed by atoms with Crippen LogP contribution in [0.5, 0.6) is 0 Å². The number of aromatic carboxylic acids is 1. The molecule has 2 aromatic heterocycles. The van der Waals surface area contributed by atoms with Gasteiger partial charge in [-0.3, -0.25) is 0 Å². The van der Waals surface area contributed by atoms with Gasteiger partial charge in [-0.2, -0.15) is 0 Å². The van der Waals surface area contributed by atoms with E-state index in [4.69, 9.17) is 0 Å². The average Bonchev–Trinajstić information content (AvgIpc) is 2.56. The molecule has 2 aromatic rings. The number of carboxylic acid groups (broad SMARTS) is 1. The Morgan fingerprint density at radius 1 is 1.23 bits per heavy atom. The van der Waals surface area contributed by atoms with E-state index in [1.807, 2.05) is 0 Å². The molecule has 0 radical (unpaired) electrons. The number of pyridine rings is 1. The molecule has 0 spiro atoms. The molecule has 3 heterocycles. The first kappa shape index (κ1) is 14.2. The molecule has 7 heteroatoms. The summed E-state index contributed by atoms with van der Waals surface area (Å²) in [6, 6.07) is 5.08. The van der Waals surface area contributed by atoms with Crippen molar-refractivity contribution in [2.24, 2.45) is 0 Å². The molecule has 3 rings (SSSR count). The highest BCUT2D eigenvalue weighted by atomic mass is 16.4. The highest BCUT2D eigenvalue weighted by molar-refractivity contribution is 5.93. The van der Waals surface area contributed by atoms with Crippen molar-refractivity contribution in [3.8, 4) is 0 Å². The van der Waals surface area contributed by atoms with Crippen LogP contribution in [0.25, 0.3) is 0 Å². The standard InChI is InChI=1S/C15H17N5O2/c21-14(22)12-5-1-6-16-13(12)19-11-4-2-9-20(10-11)15-17-7-3-8-18-15/h1,3,5-8,11H,2,4,9-10H2,(H,16,19)(H,21,22). The van der Waals surface area contributed by atoms with Gasteiger partial charge in [-0.25, -0.2) is 19.7 Å². The lowest BCUT2D eigenvalue weighted by Gasteiger charge is -2.33. The SMILES string of the molecule is O=C(O)c1cccnc1NC1CCCN(c2ncccn2)C1. The van der Waals surface area contributed by atoms with Gasteiger partial charge in [0.05, 0.1) is 0 Å². The summed E-state index contributed by atoms with van der Waals surface area (Å²) in [4.78, 5) is 26.0. The Balaban J connectivity index is 1.72. The van der Waals surface area contributed by atoms with Gasteiger partial charge in [0.25, 0.3) is 0 Å². The summed E-state index contributed by atoms with van der Waals surface area (Å²) in [5, 5.41) is 12.5. The van der Waals surface area contributed by atoms with Crippen LogP contribution in [0.15, 0.2) is 36.8 Å². The van der Waals surface area contributed by atoms with E-state index in [0.717, 1.165) is 25.9 Å². The normalized spacial score (nSPS) is 18.0. The van der Waals surface area contributed by atoms with Crippen LogP contribution in [0, 0.1) is 0 Å². The van der Waals surface area contributed by atoms with Crippen LogP contribution in [0.1, 0.15) is 23.2 Å². The van der Waals surface area contributed by atoms with E-state index < -0.39 is 5.97 Å². The Morgan fingerprint density at radius 3 is 2.77 bits per heavy atom. The summed E-state index contributed by atoms with van der Waals surface area (Å²) < 4.78 is 0. The van der Waals surface area contributed by atoms with Crippen molar-refractivity contribution in [2.45, 2.75) is 18.9 Å². The minimum atomic E-state index is -0.977. The van der Waals surface area contributed by atoms with Gasteiger partial charge in [-0.15, -0.1) is 0 Å². The molecule has 1 aliphatic rings. The van der Waals surface area contributed by atoms with Crippen LogP contribution in [0.2, 0.25) is 0 Å². The number of nitrogens with zero attached hydrogens (tertiary/aromatic N) is 4. The molecule has 0 aliphatic carbocycles. The number of anilines is 2. The Labute approximate surface area is 128 Å². The van der Waals surface area contributed by atoms with Crippen molar-refractivity contribution in [1.29, 1.82) is 0 Å². The monoisotopic (exact) mass is 299 g/mol. The maximum atomic E-state index is 11.2. The Hall–Kier alpha value is -2.70. The first-order chi connectivity index (χ1) is 10.7. The predicted molar refractivity (Wildman–Crippen MR) is 82.1 cm³/mol. The molecule has 1 atom stereocenters. The number of hydrogen-bond donors (Lipinski definition) is 2. The fourth-order valence-corrected chi connectivity index (χ4v) is 2.62. The maximum absolute atomic E-state index is 11.2. The third-order valence-corrected chi connectivity index (χ3v) is 3.64. The molecule has 1 fully saturated rings. The van der Waals surface area contributed by atoms with Gasteiger partial charge < -0.3 is 15.3 Å². The zero-order valence-electron chi connectivity index (χ0n) is 12.0. The number of aromatic nitrogens is 3. The van der Waals surface area contributed by atoms with E-state index >= 15 is 0 Å². The Kier molecular flexibility index (Phi) is 4.13. The fourth-order valence-electron chi connectivity index (χ4n) is 2.62. The van der Waals surface area contributed by atoms with Gasteiger partial charge in [-0.1, -0.05) is 0 Å². The number of hydrogen-bond acceptors (Lipinski definition) is 6. The first-order valence-electron chi connectivity index (χ1n) is 7.21. The summed E-state index contributed by atoms with van der Waals surface area (Å²) in [5.41, 5.74) is 0.190. The fraction of sp³-hybridized carbons (Fsp3) is 0.333. The van der Waals surface area contributed by atoms with Gasteiger partial charge in [0.1, 0.15) is 11.4 Å². The lowest BCUT2D eigenvalue weighted by Crippen LogP contribution is -2.43. The van der Waals surface area contributed by atoms with Crippen LogP contribution < -0.4 is 10.2 Å². The highest BCUT2D eigenvalue weighted by Crippen LogP contribution is 2.20. The molecule has 0 saturated carbocycles. The van der Waals surface area contributed by atoms with Crippen molar-refractivity contribution in [3.05, 3.63) is 42.4 Å². The molecule has 1 saturated heterocycles. The minimum Gasteiger partial charge on any atom is -0.478 e. The van der Waals surface area contributed by atoms with Crippen molar-refractivity contribution >= 4 is 17.7 Å². The van der Waals surface area contributed by atoms with E-state index in [1.165, 1.54) is 0 Å². The lowest BCUT2D eigenvalue weighted by atomic mass is 10.1. The van der Waals surface area contributed by atoms with Gasteiger partial charge in [0.15, 0.2) is 0 Å². The smallest absolute Gasteiger partial charge is 0.339 e. The number of rotatable bonds is 4. The van der Waals surface area contributed by atoms with E-state index in [1.54, 1.807) is 36.8 Å². The van der Waals surface area contributed by atoms with Crippen molar-refractivity contribution in [2.75, 3.05) is 23.3 Å². The Bertz CT molecular complexity index is 649. The molecular formula is C15H17N5O2. The van der Waals surface area contributed by atoms with Crippen LogP contribution >= 0.6 is 0 Å². The van der Waals surface area contributed by atoms with Gasteiger partial charge in [0.2, 0.25) is 5.95 Å². The van der Waals surface area contributed by atoms with Crippen molar-refractivity contribution in [1.82, 2.24) is 15.0 Å². The highest BCUT2D eigenvalue weighted by Gasteiger charge is 2.23. The van der Waals surface area contributed by atoms with Gasteiger partial charge >= 0.3 is 5.97 Å². The zero-order chi connectivity index (χ0) is 15.4. The summed E-state index contributed by atoms with van der Waals surface area (Å²) in [6.45, 7) is 1.62. The second-order valence-corrected chi connectivity index (χ2v) is 5.18. The largest absolute Gasteiger partial charge is 0.478 e.